The van der Waals surface area contributed by atoms with Crippen molar-refractivity contribution in [3.63, 3.8) is 0 Å². The summed E-state index contributed by atoms with van der Waals surface area (Å²) < 4.78 is 0. The average molecular weight is 431 g/mol. The van der Waals surface area contributed by atoms with E-state index in [0.29, 0.717) is 42.4 Å². The van der Waals surface area contributed by atoms with E-state index in [9.17, 15) is 15.3 Å². The van der Waals surface area contributed by atoms with Crippen LogP contribution in [0.5, 0.6) is 0 Å². The van der Waals surface area contributed by atoms with Gasteiger partial charge in [-0.05, 0) is 91.4 Å². The Morgan fingerprint density at radius 3 is 2.39 bits per heavy atom. The highest BCUT2D eigenvalue weighted by Gasteiger charge is 2.65. The molecule has 0 aromatic carbocycles. The van der Waals surface area contributed by atoms with Crippen LogP contribution in [-0.2, 0) is 0 Å². The van der Waals surface area contributed by atoms with E-state index in [2.05, 4.69) is 59.8 Å². The number of aliphatic hydroxyl groups excluding tert-OH is 2. The summed E-state index contributed by atoms with van der Waals surface area (Å²) in [7, 11) is 0. The zero-order valence-electron chi connectivity index (χ0n) is 20.6. The summed E-state index contributed by atoms with van der Waals surface area (Å²) in [5.41, 5.74) is 0.339. The minimum atomic E-state index is -0.832. The van der Waals surface area contributed by atoms with Crippen LogP contribution in [0.4, 0.5) is 0 Å². The monoisotopic (exact) mass is 430 g/mol. The van der Waals surface area contributed by atoms with Crippen molar-refractivity contribution < 1.29 is 15.3 Å². The molecule has 4 aliphatic carbocycles. The Balaban J connectivity index is 1.60. The molecule has 0 aromatic rings. The van der Waals surface area contributed by atoms with Crippen LogP contribution >= 0.6 is 0 Å². The molecule has 10 atom stereocenters. The van der Waals surface area contributed by atoms with Gasteiger partial charge in [0.15, 0.2) is 0 Å². The molecule has 176 valence electrons. The van der Waals surface area contributed by atoms with E-state index in [-0.39, 0.29) is 16.7 Å². The van der Waals surface area contributed by atoms with Gasteiger partial charge in [-0.3, -0.25) is 0 Å². The molecular formula is C28H46O3. The van der Waals surface area contributed by atoms with Crippen molar-refractivity contribution in [1.82, 2.24) is 0 Å². The third kappa shape index (κ3) is 3.49. The summed E-state index contributed by atoms with van der Waals surface area (Å²) in [6, 6.07) is 0. The number of fused-ring (bicyclic) bond motifs is 5. The fraction of sp³-hybridized carbons (Fsp3) is 0.857. The van der Waals surface area contributed by atoms with Crippen LogP contribution in [0.1, 0.15) is 86.5 Å². The predicted octanol–water partition coefficient (Wildman–Crippen LogP) is 5.50. The first-order chi connectivity index (χ1) is 14.4. The zero-order chi connectivity index (χ0) is 22.8. The van der Waals surface area contributed by atoms with Gasteiger partial charge in [-0.1, -0.05) is 59.8 Å². The SMILES string of the molecule is CC(C)[C@@H](C)C=C[C@@H](C)[C@H]1CC[C@H]2C3=CC[C@H]4C[C@H](O)[C@@H](O)C[C@]4(C)[C@@]3(O)CC[C@]12C. The maximum atomic E-state index is 12.2. The van der Waals surface area contributed by atoms with Gasteiger partial charge in [-0.2, -0.15) is 0 Å². The van der Waals surface area contributed by atoms with Gasteiger partial charge < -0.3 is 15.3 Å². The molecule has 0 heterocycles. The third-order valence-corrected chi connectivity index (χ3v) is 10.8. The lowest BCUT2D eigenvalue weighted by atomic mass is 9.45. The van der Waals surface area contributed by atoms with Gasteiger partial charge in [0.2, 0.25) is 0 Å². The maximum Gasteiger partial charge on any atom is 0.0916 e. The lowest BCUT2D eigenvalue weighted by molar-refractivity contribution is -0.180. The number of rotatable bonds is 4. The molecule has 0 spiro atoms. The van der Waals surface area contributed by atoms with Crippen LogP contribution in [0, 0.1) is 46.3 Å². The van der Waals surface area contributed by atoms with Crippen LogP contribution in [0.2, 0.25) is 0 Å². The second-order valence-electron chi connectivity index (χ2n) is 12.5. The van der Waals surface area contributed by atoms with E-state index >= 15 is 0 Å². The van der Waals surface area contributed by atoms with Crippen molar-refractivity contribution >= 4 is 0 Å². The molecule has 3 N–H and O–H groups in total. The molecule has 0 aliphatic heterocycles. The Morgan fingerprint density at radius 2 is 1.71 bits per heavy atom. The molecule has 3 heteroatoms. The Bertz CT molecular complexity index is 741. The lowest BCUT2D eigenvalue weighted by Gasteiger charge is -2.62. The summed E-state index contributed by atoms with van der Waals surface area (Å²) in [4.78, 5) is 0. The van der Waals surface area contributed by atoms with E-state index in [1.807, 2.05) is 0 Å². The fourth-order valence-corrected chi connectivity index (χ4v) is 8.09. The number of aliphatic hydroxyl groups is 3. The average Bonchev–Trinajstić information content (AvgIpc) is 3.05. The summed E-state index contributed by atoms with van der Waals surface area (Å²) in [5.74, 6) is 3.18. The van der Waals surface area contributed by atoms with Crippen molar-refractivity contribution in [3.8, 4) is 0 Å². The molecular weight excluding hydrogens is 384 g/mol. The summed E-state index contributed by atoms with van der Waals surface area (Å²) in [6.45, 7) is 14.0. The van der Waals surface area contributed by atoms with Crippen molar-refractivity contribution in [2.45, 2.75) is 104 Å². The van der Waals surface area contributed by atoms with Gasteiger partial charge in [0.05, 0.1) is 17.8 Å². The second kappa shape index (κ2) is 7.99. The van der Waals surface area contributed by atoms with Crippen molar-refractivity contribution in [2.75, 3.05) is 0 Å². The van der Waals surface area contributed by atoms with Crippen LogP contribution in [0.3, 0.4) is 0 Å². The van der Waals surface area contributed by atoms with Gasteiger partial charge in [0, 0.05) is 5.41 Å². The van der Waals surface area contributed by atoms with Gasteiger partial charge in [0.25, 0.3) is 0 Å². The van der Waals surface area contributed by atoms with Crippen molar-refractivity contribution in [3.05, 3.63) is 23.8 Å². The van der Waals surface area contributed by atoms with Crippen LogP contribution in [0.25, 0.3) is 0 Å². The highest BCUT2D eigenvalue weighted by Crippen LogP contribution is 2.68. The number of hydrogen-bond acceptors (Lipinski definition) is 3. The van der Waals surface area contributed by atoms with Gasteiger partial charge in [0.1, 0.15) is 0 Å². The van der Waals surface area contributed by atoms with Gasteiger partial charge in [-0.25, -0.2) is 0 Å². The highest BCUT2D eigenvalue weighted by atomic mass is 16.3. The molecule has 3 saturated carbocycles. The van der Waals surface area contributed by atoms with Gasteiger partial charge >= 0.3 is 0 Å². The Labute approximate surface area is 190 Å². The molecule has 3 nitrogen and oxygen atoms in total. The predicted molar refractivity (Wildman–Crippen MR) is 126 cm³/mol. The highest BCUT2D eigenvalue weighted by molar-refractivity contribution is 5.35. The van der Waals surface area contributed by atoms with Crippen LogP contribution in [-0.4, -0.2) is 33.1 Å². The van der Waals surface area contributed by atoms with E-state index in [1.165, 1.54) is 18.4 Å². The fourth-order valence-electron chi connectivity index (χ4n) is 8.09. The van der Waals surface area contributed by atoms with E-state index in [0.717, 1.165) is 19.3 Å². The minimum absolute atomic E-state index is 0.235. The molecule has 0 saturated heterocycles. The van der Waals surface area contributed by atoms with E-state index in [4.69, 9.17) is 0 Å². The lowest BCUT2D eigenvalue weighted by Crippen LogP contribution is -2.63. The first kappa shape index (κ1) is 23.5. The summed E-state index contributed by atoms with van der Waals surface area (Å²) in [6.07, 6.45) is 12.1. The largest absolute Gasteiger partial charge is 0.390 e. The quantitative estimate of drug-likeness (QED) is 0.516. The van der Waals surface area contributed by atoms with Crippen LogP contribution < -0.4 is 0 Å². The van der Waals surface area contributed by atoms with Crippen LogP contribution in [0.15, 0.2) is 23.8 Å². The number of allylic oxidation sites excluding steroid dienone is 3. The first-order valence-corrected chi connectivity index (χ1v) is 12.9. The molecule has 0 aromatic heterocycles. The Kier molecular flexibility index (Phi) is 6.06. The summed E-state index contributed by atoms with van der Waals surface area (Å²) in [5, 5.41) is 33.0. The zero-order valence-corrected chi connectivity index (χ0v) is 20.6. The molecule has 0 bridgehead atoms. The third-order valence-electron chi connectivity index (χ3n) is 10.8. The smallest absolute Gasteiger partial charge is 0.0916 e. The molecule has 31 heavy (non-hydrogen) atoms. The second-order valence-corrected chi connectivity index (χ2v) is 12.5. The molecule has 0 unspecified atom stereocenters. The summed E-state index contributed by atoms with van der Waals surface area (Å²) >= 11 is 0. The number of hydrogen-bond donors (Lipinski definition) is 3. The standard InChI is InChI=1S/C28H46O3/c1-17(2)18(3)7-8-19(4)21-11-12-22-23-10-9-20-15-24(29)25(30)16-27(20,6)28(23,31)14-13-26(21,22)5/h7-8,10,17-22,24-25,29-31H,9,11-16H2,1-6H3/t18-,19+,20-,21+,22-,24-,25-,26+,27-,28+/m0/s1. The molecule has 0 radical (unpaired) electrons. The van der Waals surface area contributed by atoms with Gasteiger partial charge in [-0.15, -0.1) is 0 Å². The first-order valence-electron chi connectivity index (χ1n) is 12.9. The normalized spacial score (nSPS) is 49.4. The van der Waals surface area contributed by atoms with E-state index in [1.54, 1.807) is 0 Å². The molecule has 0 amide bonds. The van der Waals surface area contributed by atoms with E-state index < -0.39 is 17.8 Å². The Morgan fingerprint density at radius 1 is 1.00 bits per heavy atom. The maximum absolute atomic E-state index is 12.2. The molecule has 3 fully saturated rings. The minimum Gasteiger partial charge on any atom is -0.390 e. The topological polar surface area (TPSA) is 60.7 Å². The van der Waals surface area contributed by atoms with Crippen molar-refractivity contribution in [2.24, 2.45) is 46.3 Å². The van der Waals surface area contributed by atoms with Crippen molar-refractivity contribution in [1.29, 1.82) is 0 Å². The molecule has 4 aliphatic rings. The molecule has 4 rings (SSSR count). The Hall–Kier alpha value is -0.640.